The van der Waals surface area contributed by atoms with Crippen molar-refractivity contribution in [2.45, 2.75) is 19.3 Å². The summed E-state index contributed by atoms with van der Waals surface area (Å²) < 4.78 is 29.4. The molecule has 8 nitrogen and oxygen atoms in total. The molecule has 172 valence electrons. The molecule has 2 atom stereocenters. The fourth-order valence-corrected chi connectivity index (χ4v) is 4.72. The molecule has 12 heteroatoms. The van der Waals surface area contributed by atoms with Crippen molar-refractivity contribution in [2.24, 2.45) is 0 Å². The van der Waals surface area contributed by atoms with Crippen LogP contribution in [0.3, 0.4) is 0 Å². The molecule has 0 amide bonds. The maximum Gasteiger partial charge on any atom is 0.253 e. The van der Waals surface area contributed by atoms with E-state index in [1.165, 1.54) is 44.4 Å². The Kier molecular flexibility index (Phi) is 10.6. The first-order valence-electron chi connectivity index (χ1n) is 10.1. The molecule has 4 rings (SSSR count). The molecule has 2 aliphatic rings. The van der Waals surface area contributed by atoms with Crippen LogP contribution in [-0.2, 0) is 0 Å². The standard InChI is InChI=1S/C19H26N6O2S2.2ClH/c1-24-8-3-6-14(12-24)16-18(22-28-20-16)26-10-5-11-27-19-17(21-29-23-19)15-7-4-9-25(2)13-15;;/h6-7H,3-5,8-13H2,1-2H3;2*1H. The van der Waals surface area contributed by atoms with Gasteiger partial charge in [0.2, 0.25) is 0 Å². The topological polar surface area (TPSA) is 78.9 Å². The molecule has 0 saturated heterocycles. The average Bonchev–Trinajstić information content (AvgIpc) is 3.37. The molecule has 2 unspecified atom stereocenters. The van der Waals surface area contributed by atoms with Gasteiger partial charge in [0.1, 0.15) is 24.5 Å². The highest BCUT2D eigenvalue weighted by Gasteiger charge is 2.22. The molecule has 0 aliphatic carbocycles. The zero-order chi connectivity index (χ0) is 20.1. The maximum atomic E-state index is 5.90. The van der Waals surface area contributed by atoms with E-state index >= 15 is 0 Å². The quantitative estimate of drug-likeness (QED) is 0.347. The van der Waals surface area contributed by atoms with E-state index in [0.717, 1.165) is 56.8 Å². The van der Waals surface area contributed by atoms with Crippen LogP contribution in [0.2, 0.25) is 0 Å². The lowest BCUT2D eigenvalue weighted by atomic mass is 10.1. The Hall–Kier alpha value is -1.30. The highest BCUT2D eigenvalue weighted by atomic mass is 35.5. The number of quaternary nitrogens is 2. The van der Waals surface area contributed by atoms with Gasteiger partial charge in [-0.2, -0.15) is 8.75 Å². The van der Waals surface area contributed by atoms with Gasteiger partial charge in [-0.15, -0.1) is 8.75 Å². The first kappa shape index (κ1) is 26.0. The number of likely N-dealkylation sites (N-methyl/N-ethyl adjacent to an activating group) is 2. The lowest BCUT2D eigenvalue weighted by Gasteiger charge is -2.19. The summed E-state index contributed by atoms with van der Waals surface area (Å²) in [5.74, 6) is 1.29. The molecule has 2 N–H and O–H groups in total. The molecule has 31 heavy (non-hydrogen) atoms. The van der Waals surface area contributed by atoms with Gasteiger partial charge in [0.05, 0.1) is 63.9 Å². The first-order chi connectivity index (χ1) is 14.2. The van der Waals surface area contributed by atoms with Gasteiger partial charge in [0.15, 0.2) is 0 Å². The number of halogens is 2. The number of rotatable bonds is 8. The van der Waals surface area contributed by atoms with E-state index in [9.17, 15) is 0 Å². The van der Waals surface area contributed by atoms with Crippen molar-refractivity contribution in [3.63, 3.8) is 0 Å². The predicted octanol–water partition coefficient (Wildman–Crippen LogP) is -6.15. The highest BCUT2D eigenvalue weighted by Crippen LogP contribution is 2.25. The van der Waals surface area contributed by atoms with E-state index in [2.05, 4.69) is 43.7 Å². The number of hydrogen-bond acceptors (Lipinski definition) is 8. The number of nitrogens with one attached hydrogen (secondary N) is 2. The summed E-state index contributed by atoms with van der Waals surface area (Å²) >= 11 is 2.42. The second kappa shape index (κ2) is 12.7. The lowest BCUT2D eigenvalue weighted by molar-refractivity contribution is -0.872. The molecular formula is C19H28Cl2N6O2S2. The Morgan fingerprint density at radius 2 is 1.23 bits per heavy atom. The van der Waals surface area contributed by atoms with Crippen molar-refractivity contribution in [3.05, 3.63) is 23.5 Å². The van der Waals surface area contributed by atoms with Crippen molar-refractivity contribution < 1.29 is 44.1 Å². The first-order valence-corrected chi connectivity index (χ1v) is 11.6. The predicted molar refractivity (Wildman–Crippen MR) is 114 cm³/mol. The van der Waals surface area contributed by atoms with Crippen LogP contribution in [0.5, 0.6) is 11.8 Å². The zero-order valence-corrected chi connectivity index (χ0v) is 20.8. The van der Waals surface area contributed by atoms with E-state index in [0.29, 0.717) is 25.0 Å². The lowest BCUT2D eigenvalue weighted by Crippen LogP contribution is -3.09. The highest BCUT2D eigenvalue weighted by molar-refractivity contribution is 6.99. The summed E-state index contributed by atoms with van der Waals surface area (Å²) in [5, 5.41) is 0. The SMILES string of the molecule is C[NH+]1CCC=C(c2nsnc2OCCCOc2nsnc2C2=CCC[NH+](C)C2)C1.[Cl-].[Cl-]. The van der Waals surface area contributed by atoms with Gasteiger partial charge < -0.3 is 44.1 Å². The molecule has 2 aliphatic heterocycles. The number of aromatic nitrogens is 4. The normalized spacial score (nSPS) is 20.7. The third-order valence-electron chi connectivity index (χ3n) is 5.20. The van der Waals surface area contributed by atoms with Crippen LogP contribution in [0.15, 0.2) is 12.2 Å². The summed E-state index contributed by atoms with van der Waals surface area (Å²) in [6.07, 6.45) is 7.42. The molecule has 2 aromatic heterocycles. The minimum absolute atomic E-state index is 0. The van der Waals surface area contributed by atoms with Gasteiger partial charge in [0.25, 0.3) is 11.8 Å². The van der Waals surface area contributed by atoms with Crippen molar-refractivity contribution >= 4 is 34.6 Å². The monoisotopic (exact) mass is 506 g/mol. The summed E-state index contributed by atoms with van der Waals surface area (Å²) in [6.45, 7) is 5.34. The largest absolute Gasteiger partial charge is 1.00 e. The second-order valence-electron chi connectivity index (χ2n) is 7.69. The number of nitrogens with zero attached hydrogens (tertiary/aromatic N) is 4. The van der Waals surface area contributed by atoms with E-state index in [-0.39, 0.29) is 24.8 Å². The van der Waals surface area contributed by atoms with Gasteiger partial charge in [-0.25, -0.2) is 0 Å². The third kappa shape index (κ3) is 6.84. The van der Waals surface area contributed by atoms with Crippen molar-refractivity contribution in [1.29, 1.82) is 0 Å². The Labute approximate surface area is 203 Å². The smallest absolute Gasteiger partial charge is 0.253 e. The summed E-state index contributed by atoms with van der Waals surface area (Å²) in [5.41, 5.74) is 4.27. The molecule has 0 radical (unpaired) electrons. The van der Waals surface area contributed by atoms with Gasteiger partial charge in [-0.05, 0) is 0 Å². The van der Waals surface area contributed by atoms with Crippen LogP contribution >= 0.6 is 23.5 Å². The van der Waals surface area contributed by atoms with Crippen molar-refractivity contribution in [3.8, 4) is 11.8 Å². The zero-order valence-electron chi connectivity index (χ0n) is 17.7. The second-order valence-corrected chi connectivity index (χ2v) is 8.75. The number of ether oxygens (including phenoxy) is 2. The van der Waals surface area contributed by atoms with Crippen LogP contribution in [0.4, 0.5) is 0 Å². The van der Waals surface area contributed by atoms with Gasteiger partial charge >= 0.3 is 0 Å². The van der Waals surface area contributed by atoms with E-state index in [4.69, 9.17) is 9.47 Å². The van der Waals surface area contributed by atoms with Crippen LogP contribution in [0.1, 0.15) is 30.7 Å². The van der Waals surface area contributed by atoms with Crippen LogP contribution < -0.4 is 44.1 Å². The van der Waals surface area contributed by atoms with E-state index < -0.39 is 0 Å². The fourth-order valence-electron chi connectivity index (χ4n) is 3.66. The Morgan fingerprint density at radius 3 is 1.65 bits per heavy atom. The fraction of sp³-hybridized carbons (Fsp3) is 0.579. The van der Waals surface area contributed by atoms with Gasteiger partial charge in [0, 0.05) is 30.4 Å². The van der Waals surface area contributed by atoms with Crippen molar-refractivity contribution in [2.75, 3.05) is 53.5 Å². The molecular weight excluding hydrogens is 479 g/mol. The summed E-state index contributed by atoms with van der Waals surface area (Å²) in [6, 6.07) is 0. The molecule has 2 aromatic rings. The molecule has 0 bridgehead atoms. The summed E-state index contributed by atoms with van der Waals surface area (Å²) in [7, 11) is 4.41. The van der Waals surface area contributed by atoms with Gasteiger partial charge in [-0.1, -0.05) is 12.2 Å². The maximum absolute atomic E-state index is 5.90. The summed E-state index contributed by atoms with van der Waals surface area (Å²) in [4.78, 5) is 2.98. The minimum atomic E-state index is 0. The van der Waals surface area contributed by atoms with E-state index in [1.54, 1.807) is 0 Å². The van der Waals surface area contributed by atoms with Crippen molar-refractivity contribution in [1.82, 2.24) is 17.5 Å². The molecule has 0 saturated carbocycles. The molecule has 4 heterocycles. The van der Waals surface area contributed by atoms with Crippen LogP contribution in [0, 0.1) is 0 Å². The third-order valence-corrected chi connectivity index (χ3v) is 6.22. The molecule has 0 aromatic carbocycles. The van der Waals surface area contributed by atoms with Gasteiger partial charge in [-0.3, -0.25) is 0 Å². The molecule has 0 fully saturated rings. The Balaban J connectivity index is 0.00000171. The van der Waals surface area contributed by atoms with Crippen LogP contribution in [0.25, 0.3) is 11.1 Å². The number of hydrogen-bond donors (Lipinski definition) is 2. The molecule has 0 spiro atoms. The Morgan fingerprint density at radius 1 is 0.774 bits per heavy atom. The average molecular weight is 508 g/mol. The minimum Gasteiger partial charge on any atom is -1.00 e. The van der Waals surface area contributed by atoms with Crippen LogP contribution in [-0.4, -0.2) is 71.0 Å². The van der Waals surface area contributed by atoms with E-state index in [1.807, 2.05) is 0 Å². The Bertz CT molecular complexity index is 818.